The molecule has 0 aliphatic heterocycles. The van der Waals surface area contributed by atoms with Gasteiger partial charge in [-0.2, -0.15) is 0 Å². The predicted octanol–water partition coefficient (Wildman–Crippen LogP) is 4.25. The Balaban J connectivity index is 0.000000192. The Kier molecular flexibility index (Phi) is 4.29. The maximum Gasteiger partial charge on any atom is 0.142 e. The van der Waals surface area contributed by atoms with Crippen LogP contribution in [-0.2, 0) is 4.79 Å². The van der Waals surface area contributed by atoms with Crippen LogP contribution in [0.5, 0.6) is 0 Å². The molecule has 1 N–H and O–H groups in total. The molecule has 0 bridgehead atoms. The van der Waals surface area contributed by atoms with Crippen LogP contribution < -0.4 is 0 Å². The van der Waals surface area contributed by atoms with E-state index in [9.17, 15) is 4.79 Å². The van der Waals surface area contributed by atoms with E-state index in [-0.39, 0.29) is 0 Å². The number of carbonyl (C=O) groups excluding carboxylic acids is 1. The number of fused-ring (bicyclic) bond motifs is 3. The summed E-state index contributed by atoms with van der Waals surface area (Å²) in [7, 11) is 0. The maximum absolute atomic E-state index is 9.43. The van der Waals surface area contributed by atoms with Crippen LogP contribution in [-0.4, -0.2) is 11.3 Å². The molecule has 0 unspecified atom stereocenters. The van der Waals surface area contributed by atoms with Gasteiger partial charge >= 0.3 is 0 Å². The van der Waals surface area contributed by atoms with Crippen molar-refractivity contribution in [2.24, 2.45) is 0 Å². The van der Waals surface area contributed by atoms with Crippen molar-refractivity contribution in [3.8, 4) is 0 Å². The summed E-state index contributed by atoms with van der Waals surface area (Å²) < 4.78 is 0. The van der Waals surface area contributed by atoms with Crippen LogP contribution in [0.25, 0.3) is 21.8 Å². The number of para-hydroxylation sites is 2. The van der Waals surface area contributed by atoms with Crippen molar-refractivity contribution in [1.82, 2.24) is 4.98 Å². The first kappa shape index (κ1) is 12.8. The molecule has 0 fully saturated rings. The standard InChI is InChI=1S/C12H9N.C5H6O/c1-3-7-11-9(5-1)10-6-2-4-8-12(10)13-11;1-2-3-4-5-6/h1-8,13H;2-5H,1H2/b;4-3+. The number of H-pyrrole nitrogens is 1. The highest BCUT2D eigenvalue weighted by atomic mass is 16.1. The molecule has 94 valence electrons. The van der Waals surface area contributed by atoms with Crippen LogP contribution >= 0.6 is 0 Å². The lowest BCUT2D eigenvalue weighted by atomic mass is 10.2. The SMILES string of the molecule is C=C/C=C/C=O.c1ccc2c(c1)[nH]c1ccccc12. The summed E-state index contributed by atoms with van der Waals surface area (Å²) in [6.45, 7) is 3.35. The zero-order chi connectivity index (χ0) is 13.5. The molecule has 0 spiro atoms. The number of hydrogen-bond donors (Lipinski definition) is 1. The first-order valence-electron chi connectivity index (χ1n) is 6.05. The van der Waals surface area contributed by atoms with Crippen molar-refractivity contribution >= 4 is 28.1 Å². The molecule has 1 aromatic heterocycles. The van der Waals surface area contributed by atoms with Gasteiger partial charge in [-0.25, -0.2) is 0 Å². The van der Waals surface area contributed by atoms with Crippen molar-refractivity contribution in [3.63, 3.8) is 0 Å². The molecule has 1 heterocycles. The number of nitrogens with one attached hydrogen (secondary N) is 1. The number of aldehydes is 1. The fourth-order valence-corrected chi connectivity index (χ4v) is 1.92. The fraction of sp³-hybridized carbons (Fsp3) is 0. The van der Waals surface area contributed by atoms with Gasteiger partial charge in [-0.15, -0.1) is 0 Å². The second-order valence-electron chi connectivity index (χ2n) is 3.97. The first-order valence-corrected chi connectivity index (χ1v) is 6.05. The van der Waals surface area contributed by atoms with Gasteiger partial charge in [-0.3, -0.25) is 4.79 Å². The number of carbonyl (C=O) groups is 1. The van der Waals surface area contributed by atoms with Crippen molar-refractivity contribution in [2.75, 3.05) is 0 Å². The Morgan fingerprint density at radius 3 is 1.79 bits per heavy atom. The highest BCUT2D eigenvalue weighted by molar-refractivity contribution is 6.06. The molecule has 3 aromatic rings. The van der Waals surface area contributed by atoms with Gasteiger partial charge in [-0.05, 0) is 18.2 Å². The van der Waals surface area contributed by atoms with E-state index in [0.717, 1.165) is 0 Å². The first-order chi connectivity index (χ1) is 9.36. The maximum atomic E-state index is 9.43. The van der Waals surface area contributed by atoms with Crippen LogP contribution in [0.15, 0.2) is 73.3 Å². The predicted molar refractivity (Wildman–Crippen MR) is 81.2 cm³/mol. The molecule has 0 aliphatic rings. The molecule has 2 heteroatoms. The lowest BCUT2D eigenvalue weighted by Gasteiger charge is -1.87. The van der Waals surface area contributed by atoms with Crippen molar-refractivity contribution in [3.05, 3.63) is 73.3 Å². The molecule has 2 aromatic carbocycles. The van der Waals surface area contributed by atoms with Crippen molar-refractivity contribution in [1.29, 1.82) is 0 Å². The van der Waals surface area contributed by atoms with E-state index < -0.39 is 0 Å². The van der Waals surface area contributed by atoms with Gasteiger partial charge in [0.25, 0.3) is 0 Å². The monoisotopic (exact) mass is 249 g/mol. The van der Waals surface area contributed by atoms with Crippen molar-refractivity contribution in [2.45, 2.75) is 0 Å². The zero-order valence-electron chi connectivity index (χ0n) is 10.5. The molecule has 0 amide bonds. The Bertz CT molecular complexity index is 662. The van der Waals surface area contributed by atoms with Gasteiger partial charge in [0.15, 0.2) is 0 Å². The van der Waals surface area contributed by atoms with E-state index in [0.29, 0.717) is 6.29 Å². The van der Waals surface area contributed by atoms with E-state index in [1.54, 1.807) is 12.2 Å². The largest absolute Gasteiger partial charge is 0.355 e. The van der Waals surface area contributed by atoms with E-state index in [1.165, 1.54) is 27.9 Å². The van der Waals surface area contributed by atoms with Crippen LogP contribution in [0.1, 0.15) is 0 Å². The summed E-state index contributed by atoms with van der Waals surface area (Å²) in [5.74, 6) is 0. The summed E-state index contributed by atoms with van der Waals surface area (Å²) in [6, 6.07) is 16.8. The number of allylic oxidation sites excluding steroid dienone is 3. The molecule has 0 atom stereocenters. The van der Waals surface area contributed by atoms with E-state index >= 15 is 0 Å². The number of rotatable bonds is 2. The number of aromatic amines is 1. The van der Waals surface area contributed by atoms with E-state index in [2.05, 4.69) is 60.1 Å². The minimum absolute atomic E-state index is 0.710. The molecule has 0 saturated carbocycles. The molecular formula is C17H15NO. The lowest BCUT2D eigenvalue weighted by Crippen LogP contribution is -1.62. The molecule has 2 nitrogen and oxygen atoms in total. The summed E-state index contributed by atoms with van der Waals surface area (Å²) in [5, 5.41) is 2.61. The van der Waals surface area contributed by atoms with Crippen LogP contribution in [0.4, 0.5) is 0 Å². The molecule has 19 heavy (non-hydrogen) atoms. The highest BCUT2D eigenvalue weighted by Crippen LogP contribution is 2.24. The molecule has 0 radical (unpaired) electrons. The van der Waals surface area contributed by atoms with Gasteiger partial charge in [0.1, 0.15) is 6.29 Å². The number of hydrogen-bond acceptors (Lipinski definition) is 1. The third-order valence-electron chi connectivity index (χ3n) is 2.74. The van der Waals surface area contributed by atoms with Crippen LogP contribution in [0, 0.1) is 0 Å². The minimum Gasteiger partial charge on any atom is -0.355 e. The van der Waals surface area contributed by atoms with Gasteiger partial charge in [0, 0.05) is 21.8 Å². The Morgan fingerprint density at radius 1 is 0.842 bits per heavy atom. The minimum atomic E-state index is 0.710. The molecular weight excluding hydrogens is 234 g/mol. The molecule has 0 aliphatic carbocycles. The smallest absolute Gasteiger partial charge is 0.142 e. The van der Waals surface area contributed by atoms with Crippen molar-refractivity contribution < 1.29 is 4.79 Å². The fourth-order valence-electron chi connectivity index (χ4n) is 1.92. The van der Waals surface area contributed by atoms with E-state index in [4.69, 9.17) is 0 Å². The number of benzene rings is 2. The van der Waals surface area contributed by atoms with Gasteiger partial charge in [0.2, 0.25) is 0 Å². The van der Waals surface area contributed by atoms with Crippen LogP contribution in [0.3, 0.4) is 0 Å². The summed E-state index contributed by atoms with van der Waals surface area (Å²) in [6.07, 6.45) is 5.22. The lowest BCUT2D eigenvalue weighted by molar-refractivity contribution is -0.104. The Morgan fingerprint density at radius 2 is 1.37 bits per heavy atom. The Labute approximate surface area is 112 Å². The average Bonchev–Trinajstić information content (AvgIpc) is 2.84. The average molecular weight is 249 g/mol. The topological polar surface area (TPSA) is 32.9 Å². The quantitative estimate of drug-likeness (QED) is 0.411. The van der Waals surface area contributed by atoms with Crippen LogP contribution in [0.2, 0.25) is 0 Å². The Hall–Kier alpha value is -2.61. The molecule has 3 rings (SSSR count). The summed E-state index contributed by atoms with van der Waals surface area (Å²) in [5.41, 5.74) is 2.42. The zero-order valence-corrected chi connectivity index (χ0v) is 10.5. The second kappa shape index (κ2) is 6.36. The highest BCUT2D eigenvalue weighted by Gasteiger charge is 2.00. The van der Waals surface area contributed by atoms with Gasteiger partial charge < -0.3 is 4.98 Å². The normalized spacial score (nSPS) is 10.3. The van der Waals surface area contributed by atoms with Gasteiger partial charge in [-0.1, -0.05) is 55.1 Å². The second-order valence-corrected chi connectivity index (χ2v) is 3.97. The third-order valence-corrected chi connectivity index (χ3v) is 2.74. The molecule has 0 saturated heterocycles. The van der Waals surface area contributed by atoms with E-state index in [1.807, 2.05) is 0 Å². The number of aromatic nitrogens is 1. The summed E-state index contributed by atoms with van der Waals surface area (Å²) >= 11 is 0. The summed E-state index contributed by atoms with van der Waals surface area (Å²) in [4.78, 5) is 12.8. The van der Waals surface area contributed by atoms with Gasteiger partial charge in [0.05, 0.1) is 0 Å². The third kappa shape index (κ3) is 2.99.